The lowest BCUT2D eigenvalue weighted by atomic mass is 9.70. The number of para-hydroxylation sites is 2. The Morgan fingerprint density at radius 3 is 2.07 bits per heavy atom. The second-order valence-electron chi connectivity index (χ2n) is 7.89. The van der Waals surface area contributed by atoms with Crippen molar-refractivity contribution in [3.63, 3.8) is 0 Å². The molecule has 1 spiro atoms. The van der Waals surface area contributed by atoms with Crippen molar-refractivity contribution in [2.24, 2.45) is 0 Å². The molecule has 1 saturated heterocycles. The predicted octanol–water partition coefficient (Wildman–Crippen LogP) is 5.67. The van der Waals surface area contributed by atoms with Crippen molar-refractivity contribution in [3.8, 4) is 11.5 Å². The van der Waals surface area contributed by atoms with Crippen LogP contribution >= 0.6 is 0 Å². The summed E-state index contributed by atoms with van der Waals surface area (Å²) < 4.78 is 12.0. The van der Waals surface area contributed by atoms with Crippen molar-refractivity contribution in [2.75, 3.05) is 0 Å². The number of benzene rings is 2. The first-order valence-corrected chi connectivity index (χ1v) is 10.0. The Hall–Kier alpha value is -2.55. The van der Waals surface area contributed by atoms with E-state index in [1.54, 1.807) is 0 Å². The second kappa shape index (κ2) is 6.56. The molecule has 2 fully saturated rings. The Bertz CT molecular complexity index is 856. The number of cyclic esters (lactones) is 1. The second-order valence-corrected chi connectivity index (χ2v) is 7.89. The van der Waals surface area contributed by atoms with Crippen LogP contribution in [0.15, 0.2) is 60.2 Å². The summed E-state index contributed by atoms with van der Waals surface area (Å²) in [5, 5.41) is 0. The van der Waals surface area contributed by atoms with E-state index in [2.05, 4.69) is 6.08 Å². The van der Waals surface area contributed by atoms with Crippen LogP contribution in [0.4, 0.5) is 0 Å². The molecule has 0 aromatic heterocycles. The number of rotatable bonds is 1. The van der Waals surface area contributed by atoms with E-state index in [0.717, 1.165) is 35.5 Å². The molecule has 1 aliphatic carbocycles. The Balaban J connectivity index is 1.58. The largest absolute Gasteiger partial charge is 0.457 e. The van der Waals surface area contributed by atoms with Gasteiger partial charge in [-0.3, -0.25) is 4.79 Å². The van der Waals surface area contributed by atoms with E-state index >= 15 is 0 Å². The third kappa shape index (κ3) is 2.68. The molecule has 0 bridgehead atoms. The van der Waals surface area contributed by atoms with Crippen LogP contribution in [0.3, 0.4) is 0 Å². The number of carbonyl (C=O) groups excluding carboxylic acids is 1. The predicted molar refractivity (Wildman–Crippen MR) is 104 cm³/mol. The lowest BCUT2D eigenvalue weighted by Gasteiger charge is -2.33. The van der Waals surface area contributed by atoms with Crippen LogP contribution in [-0.2, 0) is 14.9 Å². The molecule has 2 aromatic rings. The van der Waals surface area contributed by atoms with Gasteiger partial charge in [0.15, 0.2) is 0 Å². The summed E-state index contributed by atoms with van der Waals surface area (Å²) in [4.78, 5) is 13.3. The third-order valence-electron chi connectivity index (χ3n) is 6.20. The van der Waals surface area contributed by atoms with Crippen LogP contribution < -0.4 is 4.74 Å². The van der Waals surface area contributed by atoms with E-state index in [9.17, 15) is 4.79 Å². The summed E-state index contributed by atoms with van der Waals surface area (Å²) in [5.74, 6) is 1.37. The number of ether oxygens (including phenoxy) is 2. The van der Waals surface area contributed by atoms with Crippen molar-refractivity contribution in [2.45, 2.75) is 56.5 Å². The maximum atomic E-state index is 13.3. The molecule has 0 unspecified atom stereocenters. The molecule has 5 rings (SSSR count). The fraction of sp³-hybridized carbons (Fsp3) is 0.375. The molecular formula is C24H24O3. The minimum Gasteiger partial charge on any atom is -0.457 e. The fourth-order valence-corrected chi connectivity index (χ4v) is 4.89. The average Bonchev–Trinajstić information content (AvgIpc) is 2.85. The van der Waals surface area contributed by atoms with Crippen molar-refractivity contribution in [1.29, 1.82) is 0 Å². The van der Waals surface area contributed by atoms with Gasteiger partial charge in [-0.05, 0) is 43.9 Å². The lowest BCUT2D eigenvalue weighted by Crippen LogP contribution is -2.36. The average molecular weight is 360 g/mol. The number of allylic oxidation sites excluding steroid dienone is 1. The summed E-state index contributed by atoms with van der Waals surface area (Å²) in [7, 11) is 0. The number of hydrogen-bond donors (Lipinski definition) is 0. The normalized spacial score (nSPS) is 23.0. The molecule has 27 heavy (non-hydrogen) atoms. The van der Waals surface area contributed by atoms with Crippen LogP contribution in [0, 0.1) is 0 Å². The van der Waals surface area contributed by atoms with Gasteiger partial charge in [0.2, 0.25) is 0 Å². The molecule has 0 radical (unpaired) electrons. The number of esters is 1. The molecule has 1 saturated carbocycles. The summed E-state index contributed by atoms with van der Waals surface area (Å²) in [6.07, 6.45) is 10.1. The highest BCUT2D eigenvalue weighted by atomic mass is 16.6. The number of fused-ring (bicyclic) bond motifs is 4. The highest BCUT2D eigenvalue weighted by Crippen LogP contribution is 2.54. The minimum absolute atomic E-state index is 0.152. The zero-order valence-electron chi connectivity index (χ0n) is 15.4. The molecule has 2 aliphatic heterocycles. The quantitative estimate of drug-likeness (QED) is 0.373. The molecule has 2 heterocycles. The van der Waals surface area contributed by atoms with Gasteiger partial charge in [0.1, 0.15) is 23.0 Å². The molecule has 0 amide bonds. The maximum Gasteiger partial charge on any atom is 0.322 e. The highest BCUT2D eigenvalue weighted by Gasteiger charge is 2.55. The van der Waals surface area contributed by atoms with Crippen LogP contribution in [0.5, 0.6) is 11.5 Å². The van der Waals surface area contributed by atoms with Crippen LogP contribution in [0.25, 0.3) is 0 Å². The first-order chi connectivity index (χ1) is 13.3. The molecule has 3 heteroatoms. The zero-order valence-corrected chi connectivity index (χ0v) is 15.4. The molecule has 2 aromatic carbocycles. The topological polar surface area (TPSA) is 35.5 Å². The van der Waals surface area contributed by atoms with Crippen LogP contribution in [0.2, 0.25) is 0 Å². The highest BCUT2D eigenvalue weighted by molar-refractivity contribution is 5.92. The van der Waals surface area contributed by atoms with Crippen molar-refractivity contribution in [3.05, 3.63) is 71.3 Å². The standard InChI is InChI=1S/C24H24O3/c25-23-24(16-18(26-23)15-17-9-3-1-2-4-10-17)19-11-5-7-13-21(19)27-22-14-8-6-12-20(22)24/h5-8,11-15,18H,1-4,9-10,16H2/t18-/m1/s1. The molecule has 3 nitrogen and oxygen atoms in total. The summed E-state index contributed by atoms with van der Waals surface area (Å²) in [6.45, 7) is 0. The van der Waals surface area contributed by atoms with E-state index in [1.165, 1.54) is 31.3 Å². The first kappa shape index (κ1) is 16.6. The van der Waals surface area contributed by atoms with E-state index in [0.29, 0.717) is 6.42 Å². The molecule has 1 atom stereocenters. The maximum absolute atomic E-state index is 13.3. The molecule has 0 N–H and O–H groups in total. The SMILES string of the molecule is O=C1O[C@H](C=C2CCCCCC2)CC12c1ccccc1Oc1ccccc12. The van der Waals surface area contributed by atoms with Gasteiger partial charge in [-0.15, -0.1) is 0 Å². The lowest BCUT2D eigenvalue weighted by molar-refractivity contribution is -0.143. The van der Waals surface area contributed by atoms with Gasteiger partial charge in [0.05, 0.1) is 0 Å². The molecule has 138 valence electrons. The van der Waals surface area contributed by atoms with E-state index < -0.39 is 5.41 Å². The Morgan fingerprint density at radius 1 is 0.852 bits per heavy atom. The van der Waals surface area contributed by atoms with Gasteiger partial charge in [-0.25, -0.2) is 0 Å². The summed E-state index contributed by atoms with van der Waals surface area (Å²) >= 11 is 0. The molecular weight excluding hydrogens is 336 g/mol. The Morgan fingerprint density at radius 2 is 1.44 bits per heavy atom. The number of carbonyl (C=O) groups is 1. The zero-order chi connectivity index (χ0) is 18.3. The van der Waals surface area contributed by atoms with Crippen molar-refractivity contribution in [1.82, 2.24) is 0 Å². The first-order valence-electron chi connectivity index (χ1n) is 10.0. The van der Waals surface area contributed by atoms with Crippen LogP contribution in [-0.4, -0.2) is 12.1 Å². The van der Waals surface area contributed by atoms with Crippen LogP contribution in [0.1, 0.15) is 56.1 Å². The third-order valence-corrected chi connectivity index (χ3v) is 6.20. The number of hydrogen-bond acceptors (Lipinski definition) is 3. The van der Waals surface area contributed by atoms with E-state index in [4.69, 9.17) is 9.47 Å². The van der Waals surface area contributed by atoms with Gasteiger partial charge in [-0.1, -0.05) is 54.8 Å². The van der Waals surface area contributed by atoms with Gasteiger partial charge in [-0.2, -0.15) is 0 Å². The summed E-state index contributed by atoms with van der Waals surface area (Å²) in [6, 6.07) is 15.7. The van der Waals surface area contributed by atoms with Crippen molar-refractivity contribution >= 4 is 5.97 Å². The molecule has 3 aliphatic rings. The van der Waals surface area contributed by atoms with Crippen molar-refractivity contribution < 1.29 is 14.3 Å². The smallest absolute Gasteiger partial charge is 0.322 e. The van der Waals surface area contributed by atoms with E-state index in [1.807, 2.05) is 48.5 Å². The van der Waals surface area contributed by atoms with Gasteiger partial charge in [0, 0.05) is 17.5 Å². The monoisotopic (exact) mass is 360 g/mol. The van der Waals surface area contributed by atoms with Gasteiger partial charge < -0.3 is 9.47 Å². The van der Waals surface area contributed by atoms with Gasteiger partial charge in [0.25, 0.3) is 0 Å². The summed E-state index contributed by atoms with van der Waals surface area (Å²) in [5.41, 5.74) is 2.54. The Labute approximate surface area is 160 Å². The minimum atomic E-state index is -0.766. The fourth-order valence-electron chi connectivity index (χ4n) is 4.89. The van der Waals surface area contributed by atoms with Gasteiger partial charge >= 0.3 is 5.97 Å². The van der Waals surface area contributed by atoms with E-state index in [-0.39, 0.29) is 12.1 Å². The Kier molecular flexibility index (Phi) is 4.04.